The molecule has 0 aromatic carbocycles. The molecule has 0 aromatic rings. The Bertz CT molecular complexity index is 296. The molecule has 4 heteroatoms. The van der Waals surface area contributed by atoms with Crippen LogP contribution in [0.25, 0.3) is 0 Å². The average Bonchev–Trinajstić information content (AvgIpc) is 2.28. The Kier molecular flexibility index (Phi) is 1.44. The van der Waals surface area contributed by atoms with Crippen molar-refractivity contribution in [1.82, 2.24) is 0 Å². The van der Waals surface area contributed by atoms with Crippen LogP contribution in [0, 0.1) is 0 Å². The highest BCUT2D eigenvalue weighted by Gasteiger charge is 2.11. The predicted molar refractivity (Wildman–Crippen MR) is 45.8 cm³/mol. The summed E-state index contributed by atoms with van der Waals surface area (Å²) in [5.74, 6) is 0. The van der Waals surface area contributed by atoms with Crippen molar-refractivity contribution in [2.45, 2.75) is 6.04 Å². The molecule has 2 rings (SSSR count). The van der Waals surface area contributed by atoms with E-state index in [1.54, 1.807) is 24.8 Å². The summed E-state index contributed by atoms with van der Waals surface area (Å²) in [5.41, 5.74) is 0.838. The summed E-state index contributed by atoms with van der Waals surface area (Å²) < 4.78 is 0. The van der Waals surface area contributed by atoms with Gasteiger partial charge in [-0.15, -0.1) is 0 Å². The summed E-state index contributed by atoms with van der Waals surface area (Å²) in [4.78, 5) is 16.0. The summed E-state index contributed by atoms with van der Waals surface area (Å²) in [5, 5.41) is 0. The summed E-state index contributed by atoms with van der Waals surface area (Å²) in [6.07, 6.45) is 8.22. The molecule has 1 unspecified atom stereocenters. The molecule has 2 aliphatic heterocycles. The molecular formula is C7H6N4. The number of nitrogens with zero attached hydrogens (tertiary/aromatic N) is 4. The summed E-state index contributed by atoms with van der Waals surface area (Å²) in [6.45, 7) is 0. The highest BCUT2D eigenvalue weighted by molar-refractivity contribution is 6.17. The maximum Gasteiger partial charge on any atom is 0.129 e. The van der Waals surface area contributed by atoms with Gasteiger partial charge in [0.15, 0.2) is 0 Å². The van der Waals surface area contributed by atoms with Gasteiger partial charge >= 0.3 is 0 Å². The third-order valence-corrected chi connectivity index (χ3v) is 1.41. The Morgan fingerprint density at radius 2 is 2.18 bits per heavy atom. The van der Waals surface area contributed by atoms with E-state index in [1.807, 2.05) is 0 Å². The minimum absolute atomic E-state index is 0.0394. The van der Waals surface area contributed by atoms with Gasteiger partial charge in [-0.05, 0) is 0 Å². The van der Waals surface area contributed by atoms with Crippen molar-refractivity contribution < 1.29 is 0 Å². The van der Waals surface area contributed by atoms with E-state index in [-0.39, 0.29) is 6.04 Å². The van der Waals surface area contributed by atoms with Gasteiger partial charge < -0.3 is 0 Å². The Hall–Kier alpha value is -1.58. The monoisotopic (exact) mass is 146 g/mol. The summed E-state index contributed by atoms with van der Waals surface area (Å²) in [6, 6.07) is -0.0394. The van der Waals surface area contributed by atoms with Crippen molar-refractivity contribution >= 4 is 25.0 Å². The number of hydrogen-bond acceptors (Lipinski definition) is 4. The molecule has 0 N–H and O–H groups in total. The van der Waals surface area contributed by atoms with Crippen LogP contribution in [0.5, 0.6) is 0 Å². The van der Waals surface area contributed by atoms with Crippen LogP contribution in [0.3, 0.4) is 0 Å². The molecule has 2 aliphatic rings. The van der Waals surface area contributed by atoms with E-state index < -0.39 is 0 Å². The topological polar surface area (TPSA) is 49.4 Å². The SMILES string of the molecule is C1=NC=C2N=CN=CC2N=C1. The quantitative estimate of drug-likeness (QED) is 0.477. The molecule has 0 spiro atoms. The maximum atomic E-state index is 4.14. The first-order chi connectivity index (χ1) is 5.47. The fourth-order valence-corrected chi connectivity index (χ4v) is 0.886. The predicted octanol–water partition coefficient (Wildman–Crippen LogP) is 0.464. The van der Waals surface area contributed by atoms with Crippen molar-refractivity contribution in [3.05, 3.63) is 11.9 Å². The fraction of sp³-hybridized carbons (Fsp3) is 0.143. The first kappa shape index (κ1) is 6.15. The zero-order valence-electron chi connectivity index (χ0n) is 5.75. The van der Waals surface area contributed by atoms with Crippen LogP contribution in [-0.2, 0) is 0 Å². The first-order valence-corrected chi connectivity index (χ1v) is 3.28. The van der Waals surface area contributed by atoms with Crippen molar-refractivity contribution in [2.75, 3.05) is 0 Å². The van der Waals surface area contributed by atoms with Crippen LogP contribution < -0.4 is 0 Å². The number of hydrogen-bond donors (Lipinski definition) is 0. The lowest BCUT2D eigenvalue weighted by atomic mass is 10.2. The van der Waals surface area contributed by atoms with Gasteiger partial charge in [0.1, 0.15) is 12.4 Å². The molecule has 0 aromatic heterocycles. The second-order valence-electron chi connectivity index (χ2n) is 2.14. The summed E-state index contributed by atoms with van der Waals surface area (Å²) >= 11 is 0. The highest BCUT2D eigenvalue weighted by Crippen LogP contribution is 2.10. The minimum atomic E-state index is -0.0394. The second-order valence-corrected chi connectivity index (χ2v) is 2.14. The Balaban J connectivity index is 2.39. The van der Waals surface area contributed by atoms with E-state index in [0.29, 0.717) is 0 Å². The van der Waals surface area contributed by atoms with E-state index in [1.165, 1.54) is 6.34 Å². The van der Waals surface area contributed by atoms with Gasteiger partial charge in [-0.2, -0.15) is 0 Å². The van der Waals surface area contributed by atoms with Gasteiger partial charge in [0, 0.05) is 18.6 Å². The van der Waals surface area contributed by atoms with E-state index in [0.717, 1.165) is 5.70 Å². The first-order valence-electron chi connectivity index (χ1n) is 3.28. The largest absolute Gasteiger partial charge is 0.276 e. The lowest BCUT2D eigenvalue weighted by Crippen LogP contribution is -2.11. The molecule has 54 valence electrons. The standard InChI is InChI=1S/C7H6N4/c1-2-10-6-4-9-5-11-7(6)3-8-1/h1-6H. The number of fused-ring (bicyclic) bond motifs is 1. The van der Waals surface area contributed by atoms with E-state index in [9.17, 15) is 0 Å². The van der Waals surface area contributed by atoms with E-state index in [2.05, 4.69) is 20.0 Å². The smallest absolute Gasteiger partial charge is 0.129 e. The van der Waals surface area contributed by atoms with Crippen LogP contribution in [0.1, 0.15) is 0 Å². The molecule has 0 fully saturated rings. The summed E-state index contributed by atoms with van der Waals surface area (Å²) in [7, 11) is 0. The molecule has 0 radical (unpaired) electrons. The lowest BCUT2D eigenvalue weighted by Gasteiger charge is -2.06. The Morgan fingerprint density at radius 3 is 3.18 bits per heavy atom. The van der Waals surface area contributed by atoms with Crippen molar-refractivity contribution in [3.63, 3.8) is 0 Å². The van der Waals surface area contributed by atoms with Gasteiger partial charge in [-0.25, -0.2) is 9.98 Å². The normalized spacial score (nSPS) is 26.2. The number of aliphatic imine (C=N–C) groups is 4. The third-order valence-electron chi connectivity index (χ3n) is 1.41. The molecule has 0 saturated heterocycles. The fourth-order valence-electron chi connectivity index (χ4n) is 0.886. The molecule has 4 nitrogen and oxygen atoms in total. The second kappa shape index (κ2) is 2.57. The molecule has 0 saturated carbocycles. The average molecular weight is 146 g/mol. The van der Waals surface area contributed by atoms with Gasteiger partial charge in [-0.3, -0.25) is 9.98 Å². The molecule has 1 atom stereocenters. The Morgan fingerprint density at radius 1 is 1.18 bits per heavy atom. The minimum Gasteiger partial charge on any atom is -0.276 e. The zero-order chi connectivity index (χ0) is 7.52. The van der Waals surface area contributed by atoms with Crippen LogP contribution in [0.15, 0.2) is 31.9 Å². The van der Waals surface area contributed by atoms with Gasteiger partial charge in [0.25, 0.3) is 0 Å². The van der Waals surface area contributed by atoms with Crippen LogP contribution in [-0.4, -0.2) is 31.0 Å². The van der Waals surface area contributed by atoms with Crippen molar-refractivity contribution in [2.24, 2.45) is 20.0 Å². The Labute approximate surface area is 63.8 Å². The van der Waals surface area contributed by atoms with Gasteiger partial charge in [0.05, 0.1) is 11.9 Å². The van der Waals surface area contributed by atoms with E-state index in [4.69, 9.17) is 0 Å². The van der Waals surface area contributed by atoms with Crippen molar-refractivity contribution in [1.29, 1.82) is 0 Å². The maximum absolute atomic E-state index is 4.14. The van der Waals surface area contributed by atoms with Crippen LogP contribution in [0.4, 0.5) is 0 Å². The number of rotatable bonds is 0. The highest BCUT2D eigenvalue weighted by atomic mass is 15.0. The molecule has 11 heavy (non-hydrogen) atoms. The van der Waals surface area contributed by atoms with E-state index >= 15 is 0 Å². The van der Waals surface area contributed by atoms with Gasteiger partial charge in [0.2, 0.25) is 0 Å². The third kappa shape index (κ3) is 1.14. The molecule has 0 amide bonds. The molecular weight excluding hydrogens is 140 g/mol. The van der Waals surface area contributed by atoms with Gasteiger partial charge in [-0.1, -0.05) is 0 Å². The lowest BCUT2D eigenvalue weighted by molar-refractivity contribution is 0.987. The molecule has 0 bridgehead atoms. The molecule has 2 heterocycles. The van der Waals surface area contributed by atoms with Crippen LogP contribution in [0.2, 0.25) is 0 Å². The zero-order valence-corrected chi connectivity index (χ0v) is 5.75. The van der Waals surface area contributed by atoms with Crippen LogP contribution >= 0.6 is 0 Å². The molecule has 0 aliphatic carbocycles. The van der Waals surface area contributed by atoms with Crippen molar-refractivity contribution in [3.8, 4) is 0 Å².